The number of rotatable bonds is 15. The van der Waals surface area contributed by atoms with Crippen molar-refractivity contribution < 1.29 is 42.6 Å². The summed E-state index contributed by atoms with van der Waals surface area (Å²) in [5, 5.41) is 10.9. The Kier molecular flexibility index (Phi) is 15.0. The summed E-state index contributed by atoms with van der Waals surface area (Å²) in [5.74, 6) is -1.65. The number of ether oxygens (including phenoxy) is 2. The number of nitrogens with one attached hydrogen (secondary N) is 4. The van der Waals surface area contributed by atoms with Crippen molar-refractivity contribution in [2.45, 2.75) is 89.6 Å². The van der Waals surface area contributed by atoms with Crippen molar-refractivity contribution >= 4 is 52.9 Å². The van der Waals surface area contributed by atoms with E-state index in [2.05, 4.69) is 35.6 Å². The number of likely N-dealkylation sites (tertiary alicyclic amines) is 2. The second-order valence-corrected chi connectivity index (χ2v) is 14.3. The van der Waals surface area contributed by atoms with Crippen LogP contribution in [0.25, 0.3) is 0 Å². The van der Waals surface area contributed by atoms with Gasteiger partial charge in [-0.25, -0.2) is 14.0 Å². The minimum Gasteiger partial charge on any atom is -0.453 e. The van der Waals surface area contributed by atoms with Gasteiger partial charge in [-0.15, -0.1) is 0 Å². The number of methoxy groups -OCH3 is 2. The van der Waals surface area contributed by atoms with Crippen LogP contribution in [-0.2, 0) is 41.7 Å². The Balaban J connectivity index is 1.21. The summed E-state index contributed by atoms with van der Waals surface area (Å²) in [5.41, 5.74) is 3.75. The molecule has 2 aliphatic heterocycles. The Hall–Kier alpha value is -6.19. The maximum absolute atomic E-state index is 13.9. The highest BCUT2D eigenvalue weighted by molar-refractivity contribution is 5.99. The van der Waals surface area contributed by atoms with Crippen molar-refractivity contribution in [3.8, 4) is 0 Å². The molecule has 4 atom stereocenters. The molecule has 15 nitrogen and oxygen atoms in total. The van der Waals surface area contributed by atoms with Gasteiger partial charge in [-0.2, -0.15) is 0 Å². The highest BCUT2D eigenvalue weighted by Gasteiger charge is 2.38. The fourth-order valence-electron chi connectivity index (χ4n) is 7.25. The van der Waals surface area contributed by atoms with E-state index >= 15 is 0 Å². The summed E-state index contributed by atoms with van der Waals surface area (Å²) in [4.78, 5) is 81.8. The molecule has 0 bridgehead atoms. The molecule has 0 spiro atoms. The first-order chi connectivity index (χ1) is 27.9. The summed E-state index contributed by atoms with van der Waals surface area (Å²) in [6, 6.07) is 18.0. The van der Waals surface area contributed by atoms with Crippen LogP contribution in [0.4, 0.5) is 31.0 Å². The molecule has 0 saturated carbocycles. The third kappa shape index (κ3) is 11.0. The number of anilines is 3. The smallest absolute Gasteiger partial charge is 0.407 e. The average molecular weight is 802 g/mol. The Bertz CT molecular complexity index is 1800. The van der Waals surface area contributed by atoms with Crippen LogP contribution >= 0.6 is 0 Å². The van der Waals surface area contributed by atoms with E-state index in [-0.39, 0.29) is 29.4 Å². The van der Waals surface area contributed by atoms with Gasteiger partial charge in [0.2, 0.25) is 23.6 Å². The van der Waals surface area contributed by atoms with Gasteiger partial charge in [-0.1, -0.05) is 38.1 Å². The minimum atomic E-state index is -0.798. The van der Waals surface area contributed by atoms with Crippen LogP contribution in [0.15, 0.2) is 72.8 Å². The largest absolute Gasteiger partial charge is 0.453 e. The predicted octanol–water partition coefficient (Wildman–Crippen LogP) is 5.16. The van der Waals surface area contributed by atoms with Crippen LogP contribution in [-0.4, -0.2) is 97.1 Å². The zero-order valence-corrected chi connectivity index (χ0v) is 33.3. The van der Waals surface area contributed by atoms with Gasteiger partial charge in [0.05, 0.1) is 14.2 Å². The number of carbonyl (C=O) groups excluding carboxylic acids is 6. The second kappa shape index (κ2) is 20.3. The molecule has 3 aromatic rings. The summed E-state index contributed by atoms with van der Waals surface area (Å²) in [6.45, 7) is 5.26. The highest BCUT2D eigenvalue weighted by atomic mass is 19.1. The maximum atomic E-state index is 13.9. The van der Waals surface area contributed by atoms with E-state index in [0.717, 1.165) is 16.8 Å². The zero-order chi connectivity index (χ0) is 41.8. The van der Waals surface area contributed by atoms with Crippen molar-refractivity contribution in [3.05, 3.63) is 89.7 Å². The molecule has 58 heavy (non-hydrogen) atoms. The normalized spacial score (nSPS) is 17.1. The number of amides is 6. The molecule has 16 heteroatoms. The van der Waals surface area contributed by atoms with Crippen molar-refractivity contribution in [2.75, 3.05) is 42.8 Å². The third-order valence-corrected chi connectivity index (χ3v) is 10.4. The van der Waals surface area contributed by atoms with E-state index in [4.69, 9.17) is 0 Å². The number of carbonyl (C=O) groups is 6. The molecular formula is C42H52FN7O8. The van der Waals surface area contributed by atoms with E-state index in [1.165, 1.54) is 36.2 Å². The molecule has 2 aliphatic rings. The zero-order valence-electron chi connectivity index (χ0n) is 33.3. The topological polar surface area (TPSA) is 179 Å². The molecule has 3 aromatic carbocycles. The number of benzene rings is 3. The first kappa shape index (κ1) is 42.9. The van der Waals surface area contributed by atoms with E-state index in [0.29, 0.717) is 76.1 Å². The van der Waals surface area contributed by atoms with Gasteiger partial charge < -0.3 is 45.4 Å². The van der Waals surface area contributed by atoms with Crippen LogP contribution in [0.1, 0.15) is 63.5 Å². The fourth-order valence-corrected chi connectivity index (χ4v) is 7.25. The second-order valence-electron chi connectivity index (χ2n) is 14.3. The van der Waals surface area contributed by atoms with Crippen LogP contribution in [0.2, 0.25) is 0 Å². The van der Waals surface area contributed by atoms with E-state index in [1.54, 1.807) is 50.2 Å². The van der Waals surface area contributed by atoms with Gasteiger partial charge in [0.25, 0.3) is 0 Å². The van der Waals surface area contributed by atoms with Crippen molar-refractivity contribution in [2.24, 2.45) is 0 Å². The van der Waals surface area contributed by atoms with Crippen molar-refractivity contribution in [1.29, 1.82) is 0 Å². The molecule has 310 valence electrons. The first-order valence-corrected chi connectivity index (χ1v) is 19.5. The van der Waals surface area contributed by atoms with Gasteiger partial charge in [0, 0.05) is 43.2 Å². The number of hydrogen-bond acceptors (Lipinski definition) is 9. The summed E-state index contributed by atoms with van der Waals surface area (Å²) >= 11 is 0. The lowest BCUT2D eigenvalue weighted by Gasteiger charge is -2.28. The SMILES string of the molecule is CC[C@H](NC(=O)OC)C(=O)N1CCC[C@H]1C(=O)Nc1ccc(CN(Cc2ccc(NC(=O)[C@@H]3CCCN3C(=O)[C@H](CC)NC(=O)OC)cc2)c2ccc(F)cc2)cc1. The van der Waals surface area contributed by atoms with Gasteiger partial charge >= 0.3 is 12.2 Å². The van der Waals surface area contributed by atoms with Crippen LogP contribution < -0.4 is 26.2 Å². The van der Waals surface area contributed by atoms with Crippen LogP contribution in [0, 0.1) is 5.82 Å². The molecular weight excluding hydrogens is 750 g/mol. The molecule has 6 amide bonds. The molecule has 5 rings (SSSR count). The molecule has 0 radical (unpaired) electrons. The lowest BCUT2D eigenvalue weighted by molar-refractivity contribution is -0.138. The number of alkyl carbamates (subject to hydrolysis) is 2. The van der Waals surface area contributed by atoms with Gasteiger partial charge in [-0.05, 0) is 98.2 Å². The quantitative estimate of drug-likeness (QED) is 0.162. The molecule has 2 fully saturated rings. The number of hydrogen-bond donors (Lipinski definition) is 4. The Morgan fingerprint density at radius 1 is 0.655 bits per heavy atom. The van der Waals surface area contributed by atoms with E-state index < -0.39 is 36.4 Å². The van der Waals surface area contributed by atoms with Crippen molar-refractivity contribution in [3.63, 3.8) is 0 Å². The number of halogens is 1. The molecule has 2 saturated heterocycles. The van der Waals surface area contributed by atoms with Gasteiger partial charge in [0.1, 0.15) is 30.0 Å². The molecule has 0 aromatic heterocycles. The summed E-state index contributed by atoms with van der Waals surface area (Å²) in [7, 11) is 2.45. The Labute approximate surface area is 337 Å². The standard InChI is InChI=1S/C42H52FN7O8/c1-5-33(46-41(55)57-3)39(53)49-23-7-9-35(49)37(51)44-30-17-11-27(12-18-30)25-48(32-21-15-29(43)16-22-32)26-28-13-19-31(20-14-28)45-38(52)36-10-8-24-50(36)40(54)34(6-2)47-42(56)58-4/h11-22,33-36H,5-10,23-26H2,1-4H3,(H,44,51)(H,45,52)(H,46,55)(H,47,56)/t33-,34-,35-,36-/m0/s1. The predicted molar refractivity (Wildman–Crippen MR) is 215 cm³/mol. The van der Waals surface area contributed by atoms with Crippen LogP contribution in [0.3, 0.4) is 0 Å². The molecule has 0 unspecified atom stereocenters. The molecule has 2 heterocycles. The minimum absolute atomic E-state index is 0.314. The van der Waals surface area contributed by atoms with Crippen LogP contribution in [0.5, 0.6) is 0 Å². The lowest BCUT2D eigenvalue weighted by Crippen LogP contribution is -2.52. The number of nitrogens with zero attached hydrogens (tertiary/aromatic N) is 3. The molecule has 0 aliphatic carbocycles. The van der Waals surface area contributed by atoms with E-state index in [1.807, 2.05) is 24.3 Å². The lowest BCUT2D eigenvalue weighted by atomic mass is 10.1. The highest BCUT2D eigenvalue weighted by Crippen LogP contribution is 2.25. The molecule has 4 N–H and O–H groups in total. The first-order valence-electron chi connectivity index (χ1n) is 19.5. The third-order valence-electron chi connectivity index (χ3n) is 10.4. The van der Waals surface area contributed by atoms with E-state index in [9.17, 15) is 33.2 Å². The van der Waals surface area contributed by atoms with Gasteiger partial charge in [0.15, 0.2) is 0 Å². The van der Waals surface area contributed by atoms with Gasteiger partial charge in [-0.3, -0.25) is 19.2 Å². The summed E-state index contributed by atoms with van der Waals surface area (Å²) in [6.07, 6.45) is 1.61. The fraction of sp³-hybridized carbons (Fsp3) is 0.429. The monoisotopic (exact) mass is 801 g/mol. The Morgan fingerprint density at radius 2 is 1.05 bits per heavy atom. The average Bonchev–Trinajstić information content (AvgIpc) is 3.94. The summed E-state index contributed by atoms with van der Waals surface area (Å²) < 4.78 is 23.2. The maximum Gasteiger partial charge on any atom is 0.407 e. The van der Waals surface area contributed by atoms with Crippen molar-refractivity contribution in [1.82, 2.24) is 20.4 Å². The Morgan fingerprint density at radius 3 is 1.41 bits per heavy atom.